The van der Waals surface area contributed by atoms with Gasteiger partial charge in [0, 0.05) is 43.1 Å². The first kappa shape index (κ1) is 15.3. The van der Waals surface area contributed by atoms with Crippen molar-refractivity contribution in [3.05, 3.63) is 0 Å². The Hall–Kier alpha value is -0.650. The van der Waals surface area contributed by atoms with Gasteiger partial charge in [-0.15, -0.1) is 0 Å². The predicted molar refractivity (Wildman–Crippen MR) is 83.8 cm³/mol. The van der Waals surface area contributed by atoms with Crippen molar-refractivity contribution in [3.8, 4) is 0 Å². The molecule has 5 N–H and O–H groups in total. The van der Waals surface area contributed by atoms with E-state index in [1.165, 1.54) is 6.42 Å². The summed E-state index contributed by atoms with van der Waals surface area (Å²) in [6.45, 7) is 6.00. The van der Waals surface area contributed by atoms with E-state index in [0.29, 0.717) is 12.0 Å². The molecule has 0 aromatic rings. The van der Waals surface area contributed by atoms with E-state index in [2.05, 4.69) is 16.0 Å². The van der Waals surface area contributed by atoms with Gasteiger partial charge in [-0.3, -0.25) is 4.79 Å². The molecule has 0 aliphatic carbocycles. The zero-order chi connectivity index (χ0) is 14.9. The molecule has 1 amide bonds. The Morgan fingerprint density at radius 2 is 2.00 bits per heavy atom. The number of fused-ring (bicyclic) bond motifs is 3. The van der Waals surface area contributed by atoms with E-state index < -0.39 is 0 Å². The highest BCUT2D eigenvalue weighted by atomic mass is 16.1. The van der Waals surface area contributed by atoms with Crippen LogP contribution in [0.2, 0.25) is 0 Å². The van der Waals surface area contributed by atoms with Gasteiger partial charge in [0.05, 0.1) is 0 Å². The van der Waals surface area contributed by atoms with Gasteiger partial charge in [-0.25, -0.2) is 0 Å². The molecule has 2 bridgehead atoms. The molecule has 2 unspecified atom stereocenters. The lowest BCUT2D eigenvalue weighted by atomic mass is 9.65. The fraction of sp³-hybridized carbons (Fsp3) is 0.938. The summed E-state index contributed by atoms with van der Waals surface area (Å²) in [5, 5.41) is 10.3. The Bertz CT molecular complexity index is 382. The molecule has 3 aliphatic rings. The third-order valence-electron chi connectivity index (χ3n) is 6.01. The van der Waals surface area contributed by atoms with Gasteiger partial charge in [-0.1, -0.05) is 13.3 Å². The molecule has 0 aromatic heterocycles. The van der Waals surface area contributed by atoms with Crippen LogP contribution >= 0.6 is 0 Å². The minimum atomic E-state index is 0.106. The van der Waals surface area contributed by atoms with Crippen LogP contribution < -0.4 is 21.7 Å². The molecule has 0 aromatic carbocycles. The average molecular weight is 294 g/mol. The van der Waals surface area contributed by atoms with Crippen LogP contribution in [0.5, 0.6) is 0 Å². The van der Waals surface area contributed by atoms with Crippen LogP contribution in [0.25, 0.3) is 0 Å². The molecule has 0 saturated carbocycles. The lowest BCUT2D eigenvalue weighted by Gasteiger charge is -2.52. The smallest absolute Gasteiger partial charge is 0.222 e. The number of piperidine rings is 1. The highest BCUT2D eigenvalue weighted by Crippen LogP contribution is 2.39. The third-order valence-corrected chi connectivity index (χ3v) is 6.01. The Balaban J connectivity index is 1.76. The number of rotatable bonds is 0. The quantitative estimate of drug-likeness (QED) is 0.515. The van der Waals surface area contributed by atoms with Gasteiger partial charge in [0.25, 0.3) is 0 Å². The van der Waals surface area contributed by atoms with Gasteiger partial charge in [-0.05, 0) is 38.1 Å². The van der Waals surface area contributed by atoms with Crippen LogP contribution in [0.1, 0.15) is 39.0 Å². The van der Waals surface area contributed by atoms with Crippen molar-refractivity contribution in [2.45, 2.75) is 51.1 Å². The molecule has 21 heavy (non-hydrogen) atoms. The average Bonchev–Trinajstić information content (AvgIpc) is 2.45. The van der Waals surface area contributed by atoms with Crippen molar-refractivity contribution in [2.24, 2.45) is 23.0 Å². The number of nitrogens with one attached hydrogen (secondary N) is 3. The molecule has 3 saturated heterocycles. The highest BCUT2D eigenvalue weighted by molar-refractivity contribution is 5.78. The topological polar surface area (TPSA) is 79.2 Å². The summed E-state index contributed by atoms with van der Waals surface area (Å²) >= 11 is 0. The van der Waals surface area contributed by atoms with Gasteiger partial charge in [0.2, 0.25) is 5.91 Å². The fourth-order valence-corrected chi connectivity index (χ4v) is 4.27. The van der Waals surface area contributed by atoms with Crippen LogP contribution in [0.4, 0.5) is 0 Å². The molecule has 3 aliphatic heterocycles. The number of carbonyl (C=O) groups excluding carboxylic acids is 1. The molecule has 3 rings (SSSR count). The monoisotopic (exact) mass is 294 g/mol. The second kappa shape index (κ2) is 6.23. The number of hydrogen-bond donors (Lipinski definition) is 4. The summed E-state index contributed by atoms with van der Waals surface area (Å²) in [6.07, 6.45) is 5.38. The van der Waals surface area contributed by atoms with Gasteiger partial charge in [0.1, 0.15) is 0 Å². The minimum absolute atomic E-state index is 0.106. The van der Waals surface area contributed by atoms with Gasteiger partial charge in [0.15, 0.2) is 0 Å². The molecule has 120 valence electrons. The van der Waals surface area contributed by atoms with Crippen molar-refractivity contribution in [3.63, 3.8) is 0 Å². The largest absolute Gasteiger partial charge is 0.355 e. The third kappa shape index (κ3) is 3.10. The molecule has 4 atom stereocenters. The second-order valence-corrected chi connectivity index (χ2v) is 7.46. The van der Waals surface area contributed by atoms with Crippen LogP contribution in [0.15, 0.2) is 0 Å². The maximum absolute atomic E-state index is 12.2. The van der Waals surface area contributed by atoms with E-state index >= 15 is 0 Å². The van der Waals surface area contributed by atoms with Gasteiger partial charge < -0.3 is 21.7 Å². The Morgan fingerprint density at radius 3 is 2.71 bits per heavy atom. The van der Waals surface area contributed by atoms with E-state index in [9.17, 15) is 4.79 Å². The number of carbonyl (C=O) groups is 1. The van der Waals surface area contributed by atoms with E-state index in [1.54, 1.807) is 0 Å². The first-order valence-electron chi connectivity index (χ1n) is 8.58. The summed E-state index contributed by atoms with van der Waals surface area (Å²) in [4.78, 5) is 12.2. The zero-order valence-corrected chi connectivity index (χ0v) is 13.2. The van der Waals surface area contributed by atoms with Crippen molar-refractivity contribution < 1.29 is 4.79 Å². The number of hydrogen-bond acceptors (Lipinski definition) is 4. The molecular formula is C16H30N4O. The van der Waals surface area contributed by atoms with Crippen molar-refractivity contribution >= 4 is 5.91 Å². The molecule has 3 fully saturated rings. The van der Waals surface area contributed by atoms with Gasteiger partial charge in [-0.2, -0.15) is 0 Å². The number of nitrogens with two attached hydrogens (primary N) is 1. The highest BCUT2D eigenvalue weighted by Gasteiger charge is 2.46. The van der Waals surface area contributed by atoms with Gasteiger partial charge >= 0.3 is 0 Å². The zero-order valence-electron chi connectivity index (χ0n) is 13.2. The molecule has 0 radical (unpaired) electrons. The summed E-state index contributed by atoms with van der Waals surface area (Å²) in [5.41, 5.74) is 6.67. The summed E-state index contributed by atoms with van der Waals surface area (Å²) in [7, 11) is 0. The number of amides is 1. The van der Waals surface area contributed by atoms with Crippen LogP contribution in [-0.2, 0) is 4.79 Å². The second-order valence-electron chi connectivity index (χ2n) is 7.46. The van der Waals surface area contributed by atoms with Crippen molar-refractivity contribution in [1.29, 1.82) is 0 Å². The summed E-state index contributed by atoms with van der Waals surface area (Å²) in [6, 6.07) is 0.680. The molecule has 5 heteroatoms. The first-order valence-corrected chi connectivity index (χ1v) is 8.58. The molecular weight excluding hydrogens is 264 g/mol. The maximum Gasteiger partial charge on any atom is 0.222 e. The molecule has 1 spiro atoms. The summed E-state index contributed by atoms with van der Waals surface area (Å²) < 4.78 is 0. The normalized spacial score (nSPS) is 40.6. The predicted octanol–water partition coefficient (Wildman–Crippen LogP) is 0.208. The fourth-order valence-electron chi connectivity index (χ4n) is 4.27. The Labute approximate surface area is 127 Å². The van der Waals surface area contributed by atoms with E-state index in [4.69, 9.17) is 5.73 Å². The van der Waals surface area contributed by atoms with Crippen molar-refractivity contribution in [1.82, 2.24) is 16.0 Å². The summed E-state index contributed by atoms with van der Waals surface area (Å²) in [5.74, 6) is 1.00. The Morgan fingerprint density at radius 1 is 1.19 bits per heavy atom. The minimum Gasteiger partial charge on any atom is -0.355 e. The van der Waals surface area contributed by atoms with E-state index in [-0.39, 0.29) is 23.3 Å². The standard InChI is InChI=1S/C16H30N4O/c1-11-3-2-4-13(17)14-7-12(5-6-19-14)16(8-18-9-16)10-20-15(11)21/h11-14,18-19H,2-10,17H2,1H3,(H,20,21)/t11-,12?,13+,14?/m1/s1. The van der Waals surface area contributed by atoms with E-state index in [0.717, 1.165) is 51.9 Å². The van der Waals surface area contributed by atoms with Crippen LogP contribution in [0, 0.1) is 17.3 Å². The first-order chi connectivity index (χ1) is 10.1. The molecule has 3 heterocycles. The lowest BCUT2D eigenvalue weighted by Crippen LogP contribution is -2.65. The van der Waals surface area contributed by atoms with E-state index in [1.807, 2.05) is 6.92 Å². The molecule has 5 nitrogen and oxygen atoms in total. The van der Waals surface area contributed by atoms with Crippen LogP contribution in [-0.4, -0.2) is 44.2 Å². The maximum atomic E-state index is 12.2. The van der Waals surface area contributed by atoms with Crippen molar-refractivity contribution in [2.75, 3.05) is 26.2 Å². The SMILES string of the molecule is C[C@@H]1CCC[C@H](N)C2CC(CCN2)C2(CNC2)CNC1=O. The van der Waals surface area contributed by atoms with Crippen LogP contribution in [0.3, 0.4) is 0 Å². The lowest BCUT2D eigenvalue weighted by molar-refractivity contribution is -0.126. The Kier molecular flexibility index (Phi) is 4.52.